The lowest BCUT2D eigenvalue weighted by Gasteiger charge is -2.46. The second kappa shape index (κ2) is 58.7. The van der Waals surface area contributed by atoms with Crippen LogP contribution in [0.1, 0.15) is 232 Å². The van der Waals surface area contributed by atoms with E-state index in [1.165, 1.54) is 109 Å². The fourth-order valence-corrected chi connectivity index (χ4v) is 10.5. The molecule has 512 valence electrons. The van der Waals surface area contributed by atoms with Gasteiger partial charge in [0.05, 0.1) is 32.0 Å². The van der Waals surface area contributed by atoms with E-state index < -0.39 is 86.8 Å². The standard InChI is InChI=1S/C76H125NO13/c1-3-5-7-9-11-13-15-17-19-21-23-25-27-28-29-30-31-32-33-34-35-36-38-40-42-44-46-48-50-52-54-56-58-60-68(81)77-64(63-87-75-73(86)71(84)74(67(62-79)89-75)90-76-72(85)70(83)69(82)66(61-78)88-76)65(80)59-57-55-53-51-49-47-45-43-41-39-37-26-24-22-20-18-16-14-12-10-8-6-4-2/h5,7,11,13,17,19,23,25,28-29,31-32,34-35,38,40,44,46,49-52,57,59,64-67,69-76,78-80,82-86H,3-4,6,8-10,12,14-16,18,20-22,24,26-27,30,33,36-37,39,41-43,45,47-48,53-56,58,60-63H2,1-2H3,(H,77,81)/b7-5-,13-11-,19-17-,25-23-,29-28-,32-31-,35-34-,40-38-,46-44-,51-49+,52-50-,59-57+. The summed E-state index contributed by atoms with van der Waals surface area (Å²) in [5.74, 6) is -0.296. The first-order chi connectivity index (χ1) is 44.1. The number of allylic oxidation sites excluding steroid dienone is 23. The number of hydrogen-bond donors (Lipinski definition) is 9. The smallest absolute Gasteiger partial charge is 0.220 e. The van der Waals surface area contributed by atoms with Gasteiger partial charge in [-0.05, 0) is 109 Å². The predicted molar refractivity (Wildman–Crippen MR) is 368 cm³/mol. The van der Waals surface area contributed by atoms with Gasteiger partial charge in [-0.3, -0.25) is 4.79 Å². The van der Waals surface area contributed by atoms with Gasteiger partial charge < -0.3 is 65.1 Å². The molecule has 1 amide bonds. The summed E-state index contributed by atoms with van der Waals surface area (Å²) in [4.78, 5) is 13.3. The average Bonchev–Trinajstić information content (AvgIpc) is 1.41. The maximum Gasteiger partial charge on any atom is 0.220 e. The molecule has 90 heavy (non-hydrogen) atoms. The first-order valence-corrected chi connectivity index (χ1v) is 35.1. The van der Waals surface area contributed by atoms with Crippen molar-refractivity contribution in [2.45, 2.75) is 306 Å². The van der Waals surface area contributed by atoms with Gasteiger partial charge in [0.1, 0.15) is 48.8 Å². The molecule has 0 saturated carbocycles. The SMILES string of the molecule is CC/C=C\C/C=C\C/C=C\C/C=C\C/C=C\C/C=C\C/C=C\C/C=C\C/C=C\C/C=C\CCCCC(=O)NC(COC1OC(CO)C(OC2OC(CO)C(O)C(O)C2O)C(O)C1O)C(O)/C=C/CC/C=C/CCCCCCCCCCCCCCCCCCC. The fraction of sp³-hybridized carbons (Fsp3) is 0.671. The van der Waals surface area contributed by atoms with E-state index in [0.29, 0.717) is 12.8 Å². The summed E-state index contributed by atoms with van der Waals surface area (Å²) in [6.45, 7) is 2.64. The van der Waals surface area contributed by atoms with Crippen molar-refractivity contribution >= 4 is 5.91 Å². The van der Waals surface area contributed by atoms with Crippen LogP contribution >= 0.6 is 0 Å². The molecule has 0 radical (unpaired) electrons. The number of rotatable bonds is 55. The Hall–Kier alpha value is -4.13. The van der Waals surface area contributed by atoms with Crippen molar-refractivity contribution in [1.29, 1.82) is 0 Å². The Kier molecular flexibility index (Phi) is 53.4. The number of carbonyl (C=O) groups excluding carboxylic acids is 1. The lowest BCUT2D eigenvalue weighted by Crippen LogP contribution is -2.65. The predicted octanol–water partition coefficient (Wildman–Crippen LogP) is 14.5. The van der Waals surface area contributed by atoms with Crippen molar-refractivity contribution in [3.63, 3.8) is 0 Å². The molecule has 2 aliphatic rings. The van der Waals surface area contributed by atoms with Crippen LogP contribution in [0.4, 0.5) is 0 Å². The third-order valence-corrected chi connectivity index (χ3v) is 16.0. The molecule has 12 atom stereocenters. The Bertz CT molecular complexity index is 2070. The Balaban J connectivity index is 1.74. The number of ether oxygens (including phenoxy) is 4. The van der Waals surface area contributed by atoms with Gasteiger partial charge in [0.2, 0.25) is 5.91 Å². The zero-order chi connectivity index (χ0) is 65.2. The molecule has 14 heteroatoms. The van der Waals surface area contributed by atoms with Crippen molar-refractivity contribution in [3.8, 4) is 0 Å². The highest BCUT2D eigenvalue weighted by atomic mass is 16.7. The average molecular weight is 1260 g/mol. The van der Waals surface area contributed by atoms with Crippen LogP contribution < -0.4 is 5.32 Å². The molecule has 0 aromatic carbocycles. The highest BCUT2D eigenvalue weighted by molar-refractivity contribution is 5.76. The summed E-state index contributed by atoms with van der Waals surface area (Å²) < 4.78 is 22.8. The third-order valence-electron chi connectivity index (χ3n) is 16.0. The van der Waals surface area contributed by atoms with Gasteiger partial charge in [-0.15, -0.1) is 0 Å². The summed E-state index contributed by atoms with van der Waals surface area (Å²) in [5, 5.41) is 87.4. The third kappa shape index (κ3) is 42.2. The van der Waals surface area contributed by atoms with Gasteiger partial charge >= 0.3 is 0 Å². The van der Waals surface area contributed by atoms with Crippen LogP contribution in [-0.4, -0.2) is 140 Å². The zero-order valence-corrected chi connectivity index (χ0v) is 55.6. The molecule has 0 spiro atoms. The van der Waals surface area contributed by atoms with E-state index in [1.54, 1.807) is 6.08 Å². The Labute approximate surface area is 544 Å². The summed E-state index contributed by atoms with van der Waals surface area (Å²) in [6, 6.07) is -0.968. The normalized spacial score (nSPS) is 23.8. The molecule has 0 aliphatic carbocycles. The molecular weight excluding hydrogens is 1130 g/mol. The molecular formula is C76H125NO13. The van der Waals surface area contributed by atoms with E-state index in [-0.39, 0.29) is 18.9 Å². The van der Waals surface area contributed by atoms with Gasteiger partial charge in [0, 0.05) is 6.42 Å². The van der Waals surface area contributed by atoms with Crippen molar-refractivity contribution in [2.75, 3.05) is 19.8 Å². The van der Waals surface area contributed by atoms with Crippen LogP contribution in [0.5, 0.6) is 0 Å². The molecule has 2 saturated heterocycles. The van der Waals surface area contributed by atoms with Crippen LogP contribution in [0.15, 0.2) is 146 Å². The highest BCUT2D eigenvalue weighted by Gasteiger charge is 2.51. The van der Waals surface area contributed by atoms with E-state index in [9.17, 15) is 45.6 Å². The molecule has 12 unspecified atom stereocenters. The van der Waals surface area contributed by atoms with Crippen molar-refractivity contribution in [1.82, 2.24) is 5.32 Å². The molecule has 14 nitrogen and oxygen atoms in total. The minimum atomic E-state index is -1.80. The highest BCUT2D eigenvalue weighted by Crippen LogP contribution is 2.30. The molecule has 2 heterocycles. The second-order valence-electron chi connectivity index (χ2n) is 23.9. The van der Waals surface area contributed by atoms with Gasteiger partial charge in [0.25, 0.3) is 0 Å². The van der Waals surface area contributed by atoms with Gasteiger partial charge in [0.15, 0.2) is 12.6 Å². The maximum absolute atomic E-state index is 13.3. The van der Waals surface area contributed by atoms with E-state index in [2.05, 4.69) is 153 Å². The van der Waals surface area contributed by atoms with Crippen LogP contribution in [-0.2, 0) is 23.7 Å². The lowest BCUT2D eigenvalue weighted by atomic mass is 9.97. The summed E-state index contributed by atoms with van der Waals surface area (Å²) in [5.41, 5.74) is 0. The number of nitrogens with one attached hydrogen (secondary N) is 1. The second-order valence-corrected chi connectivity index (χ2v) is 23.9. The van der Waals surface area contributed by atoms with Gasteiger partial charge in [-0.25, -0.2) is 0 Å². The first-order valence-electron chi connectivity index (χ1n) is 35.1. The van der Waals surface area contributed by atoms with E-state index in [4.69, 9.17) is 18.9 Å². The van der Waals surface area contributed by atoms with Gasteiger partial charge in [-0.1, -0.05) is 262 Å². The number of hydrogen-bond acceptors (Lipinski definition) is 13. The molecule has 2 aliphatic heterocycles. The molecule has 0 bridgehead atoms. The van der Waals surface area contributed by atoms with Crippen molar-refractivity contribution in [3.05, 3.63) is 146 Å². The summed E-state index contributed by atoms with van der Waals surface area (Å²) >= 11 is 0. The summed E-state index contributed by atoms with van der Waals surface area (Å²) in [7, 11) is 0. The zero-order valence-electron chi connectivity index (χ0n) is 55.6. The molecule has 0 aromatic rings. The lowest BCUT2D eigenvalue weighted by molar-refractivity contribution is -0.359. The van der Waals surface area contributed by atoms with Crippen molar-refractivity contribution in [2.24, 2.45) is 0 Å². The summed E-state index contributed by atoms with van der Waals surface area (Å²) in [6.07, 6.45) is 71.8. The minimum absolute atomic E-state index is 0.208. The van der Waals surface area contributed by atoms with Crippen LogP contribution in [0.3, 0.4) is 0 Å². The molecule has 9 N–H and O–H groups in total. The largest absolute Gasteiger partial charge is 0.394 e. The van der Waals surface area contributed by atoms with Crippen molar-refractivity contribution < 1.29 is 64.6 Å². The monoisotopic (exact) mass is 1260 g/mol. The molecule has 2 fully saturated rings. The van der Waals surface area contributed by atoms with E-state index >= 15 is 0 Å². The Morgan fingerprint density at radius 3 is 1.22 bits per heavy atom. The quantitative estimate of drug-likeness (QED) is 0.0204. The van der Waals surface area contributed by atoms with Crippen LogP contribution in [0.2, 0.25) is 0 Å². The fourth-order valence-electron chi connectivity index (χ4n) is 10.5. The number of carbonyl (C=O) groups is 1. The number of aliphatic hydroxyl groups is 8. The molecule has 2 rings (SSSR count). The first kappa shape index (κ1) is 82.0. The Morgan fingerprint density at radius 1 is 0.411 bits per heavy atom. The van der Waals surface area contributed by atoms with Gasteiger partial charge in [-0.2, -0.15) is 0 Å². The Morgan fingerprint density at radius 2 is 0.778 bits per heavy atom. The number of amides is 1. The topological polar surface area (TPSA) is 228 Å². The van der Waals surface area contributed by atoms with Crippen LogP contribution in [0.25, 0.3) is 0 Å². The van der Waals surface area contributed by atoms with E-state index in [0.717, 1.165) is 89.9 Å². The van der Waals surface area contributed by atoms with E-state index in [1.807, 2.05) is 6.08 Å². The maximum atomic E-state index is 13.3. The minimum Gasteiger partial charge on any atom is -0.394 e. The number of unbranched alkanes of at least 4 members (excludes halogenated alkanes) is 20. The number of aliphatic hydroxyl groups excluding tert-OH is 8. The molecule has 0 aromatic heterocycles. The van der Waals surface area contributed by atoms with Crippen LogP contribution in [0, 0.1) is 0 Å².